The minimum atomic E-state index is -4.00. The molecule has 1 heterocycles. The Bertz CT molecular complexity index is 1480. The number of nitrogens with zero attached hydrogens (tertiary/aromatic N) is 2. The van der Waals surface area contributed by atoms with Crippen LogP contribution in [0, 0.1) is 6.92 Å². The number of methoxy groups -OCH3 is 2. The van der Waals surface area contributed by atoms with Gasteiger partial charge in [-0.15, -0.1) is 0 Å². The Balaban J connectivity index is 1.77. The first-order valence-electron chi connectivity index (χ1n) is 9.68. The smallest absolute Gasteiger partial charge is 0.265 e. The maximum atomic E-state index is 13.1. The van der Waals surface area contributed by atoms with Crippen molar-refractivity contribution in [3.05, 3.63) is 82.9 Å². The van der Waals surface area contributed by atoms with Crippen molar-refractivity contribution in [3.8, 4) is 17.2 Å². The first-order chi connectivity index (χ1) is 15.3. The molecule has 0 bridgehead atoms. The van der Waals surface area contributed by atoms with Gasteiger partial charge in [0.25, 0.3) is 15.6 Å². The summed E-state index contributed by atoms with van der Waals surface area (Å²) in [5.74, 6) is 1.05. The lowest BCUT2D eigenvalue weighted by molar-refractivity contribution is 0.392. The summed E-state index contributed by atoms with van der Waals surface area (Å²) in [7, 11) is -1.16. The largest absolute Gasteiger partial charge is 0.497 e. The highest BCUT2D eigenvalue weighted by Crippen LogP contribution is 2.30. The van der Waals surface area contributed by atoms with Gasteiger partial charge in [0.2, 0.25) is 0 Å². The number of hydrogen-bond donors (Lipinski definition) is 1. The fourth-order valence-electron chi connectivity index (χ4n) is 3.46. The highest BCUT2D eigenvalue weighted by Gasteiger charge is 2.21. The predicted molar refractivity (Wildman–Crippen MR) is 122 cm³/mol. The highest BCUT2D eigenvalue weighted by molar-refractivity contribution is 7.92. The number of anilines is 1. The third-order valence-corrected chi connectivity index (χ3v) is 6.36. The Kier molecular flexibility index (Phi) is 5.58. The quantitative estimate of drug-likeness (QED) is 0.482. The number of fused-ring (bicyclic) bond motifs is 1. The molecule has 3 aromatic carbocycles. The van der Waals surface area contributed by atoms with E-state index in [4.69, 9.17) is 9.47 Å². The van der Waals surface area contributed by atoms with Gasteiger partial charge in [0.05, 0.1) is 36.5 Å². The van der Waals surface area contributed by atoms with Crippen molar-refractivity contribution < 1.29 is 17.9 Å². The Hall–Kier alpha value is -3.85. The second-order valence-corrected chi connectivity index (χ2v) is 8.64. The normalized spacial score (nSPS) is 11.3. The number of sulfonamides is 1. The van der Waals surface area contributed by atoms with Crippen LogP contribution in [0.4, 0.5) is 5.69 Å². The molecule has 8 nitrogen and oxygen atoms in total. The summed E-state index contributed by atoms with van der Waals surface area (Å²) in [4.78, 5) is 17.5. The second-order valence-electron chi connectivity index (χ2n) is 6.99. The molecular weight excluding hydrogens is 430 g/mol. The van der Waals surface area contributed by atoms with Crippen LogP contribution in [0.5, 0.6) is 11.5 Å². The van der Waals surface area contributed by atoms with Gasteiger partial charge in [-0.3, -0.25) is 14.1 Å². The Morgan fingerprint density at radius 2 is 1.72 bits per heavy atom. The van der Waals surface area contributed by atoms with E-state index in [-0.39, 0.29) is 21.9 Å². The molecule has 0 aliphatic rings. The van der Waals surface area contributed by atoms with E-state index < -0.39 is 10.0 Å². The second kappa shape index (κ2) is 8.35. The van der Waals surface area contributed by atoms with E-state index in [1.165, 1.54) is 30.9 Å². The third-order valence-electron chi connectivity index (χ3n) is 4.96. The van der Waals surface area contributed by atoms with Crippen LogP contribution in [-0.2, 0) is 10.0 Å². The Labute approximate surface area is 185 Å². The van der Waals surface area contributed by atoms with Crippen molar-refractivity contribution in [1.29, 1.82) is 0 Å². The van der Waals surface area contributed by atoms with Gasteiger partial charge in [0.15, 0.2) is 0 Å². The van der Waals surface area contributed by atoms with Crippen molar-refractivity contribution in [2.75, 3.05) is 18.9 Å². The molecular formula is C23H21N3O5S. The fourth-order valence-corrected chi connectivity index (χ4v) is 4.70. The topological polar surface area (TPSA) is 99.5 Å². The molecule has 4 rings (SSSR count). The van der Waals surface area contributed by atoms with Crippen LogP contribution in [-0.4, -0.2) is 32.2 Å². The van der Waals surface area contributed by atoms with E-state index in [9.17, 15) is 13.2 Å². The SMILES string of the molecule is COc1ccc(OC)c(S(=O)(=O)Nc2cccc(-n3c(C)nc4ccccc4c3=O)c2)c1. The molecule has 1 aromatic heterocycles. The first kappa shape index (κ1) is 21.4. The monoisotopic (exact) mass is 451 g/mol. The fraction of sp³-hybridized carbons (Fsp3) is 0.130. The Morgan fingerprint density at radius 3 is 2.47 bits per heavy atom. The number of para-hydroxylation sites is 1. The van der Waals surface area contributed by atoms with Crippen molar-refractivity contribution in [1.82, 2.24) is 9.55 Å². The minimum Gasteiger partial charge on any atom is -0.497 e. The lowest BCUT2D eigenvalue weighted by Crippen LogP contribution is -2.22. The standard InChI is InChI=1S/C23H21N3O5S/c1-15-24-20-10-5-4-9-19(20)23(27)26(15)17-8-6-7-16(13-17)25-32(28,29)22-14-18(30-2)11-12-21(22)31-3/h4-14,25H,1-3H3. The van der Waals surface area contributed by atoms with Crippen molar-refractivity contribution >= 4 is 26.6 Å². The van der Waals surface area contributed by atoms with Gasteiger partial charge < -0.3 is 9.47 Å². The predicted octanol–water partition coefficient (Wildman–Crippen LogP) is 3.51. The number of ether oxygens (including phenoxy) is 2. The number of nitrogens with one attached hydrogen (secondary N) is 1. The van der Waals surface area contributed by atoms with Crippen LogP contribution in [0.3, 0.4) is 0 Å². The average molecular weight is 452 g/mol. The zero-order valence-electron chi connectivity index (χ0n) is 17.7. The van der Waals surface area contributed by atoms with Crippen molar-refractivity contribution in [3.63, 3.8) is 0 Å². The van der Waals surface area contributed by atoms with Crippen LogP contribution >= 0.6 is 0 Å². The van der Waals surface area contributed by atoms with Crippen LogP contribution in [0.15, 0.2) is 76.4 Å². The van der Waals surface area contributed by atoms with E-state index in [1.54, 1.807) is 55.5 Å². The summed E-state index contributed by atoms with van der Waals surface area (Å²) in [6, 6.07) is 18.2. The lowest BCUT2D eigenvalue weighted by Gasteiger charge is -2.15. The molecule has 0 unspecified atom stereocenters. The molecule has 0 aliphatic carbocycles. The van der Waals surface area contributed by atoms with Gasteiger partial charge in [-0.1, -0.05) is 18.2 Å². The molecule has 4 aromatic rings. The van der Waals surface area contributed by atoms with E-state index >= 15 is 0 Å². The molecule has 0 fully saturated rings. The molecule has 1 N–H and O–H groups in total. The van der Waals surface area contributed by atoms with Crippen LogP contribution in [0.25, 0.3) is 16.6 Å². The van der Waals surface area contributed by atoms with Gasteiger partial charge in [-0.2, -0.15) is 0 Å². The summed E-state index contributed by atoms with van der Waals surface area (Å²) in [6.45, 7) is 1.73. The molecule has 0 spiro atoms. The van der Waals surface area contributed by atoms with Gasteiger partial charge in [-0.25, -0.2) is 13.4 Å². The molecule has 0 amide bonds. The number of hydrogen-bond acceptors (Lipinski definition) is 6. The van der Waals surface area contributed by atoms with Gasteiger partial charge >= 0.3 is 0 Å². The number of rotatable bonds is 6. The van der Waals surface area contributed by atoms with E-state index in [1.807, 2.05) is 6.07 Å². The maximum Gasteiger partial charge on any atom is 0.265 e. The summed E-state index contributed by atoms with van der Waals surface area (Å²) in [6.07, 6.45) is 0. The summed E-state index contributed by atoms with van der Waals surface area (Å²) >= 11 is 0. The minimum absolute atomic E-state index is 0.0644. The molecule has 32 heavy (non-hydrogen) atoms. The summed E-state index contributed by atoms with van der Waals surface area (Å²) in [5.41, 5.74) is 1.14. The van der Waals surface area contributed by atoms with Crippen molar-refractivity contribution in [2.24, 2.45) is 0 Å². The molecule has 0 radical (unpaired) electrons. The molecule has 164 valence electrons. The van der Waals surface area contributed by atoms with Crippen LogP contribution in [0.1, 0.15) is 5.82 Å². The number of aryl methyl sites for hydroxylation is 1. The first-order valence-corrected chi connectivity index (χ1v) is 11.2. The zero-order chi connectivity index (χ0) is 22.9. The zero-order valence-corrected chi connectivity index (χ0v) is 18.5. The average Bonchev–Trinajstić information content (AvgIpc) is 2.78. The van der Waals surface area contributed by atoms with Gasteiger partial charge in [0, 0.05) is 6.07 Å². The van der Waals surface area contributed by atoms with Crippen molar-refractivity contribution in [2.45, 2.75) is 11.8 Å². The maximum absolute atomic E-state index is 13.1. The molecule has 0 aliphatic heterocycles. The molecule has 0 atom stereocenters. The van der Waals surface area contributed by atoms with Crippen LogP contribution in [0.2, 0.25) is 0 Å². The molecule has 9 heteroatoms. The number of benzene rings is 3. The van der Waals surface area contributed by atoms with E-state index in [0.29, 0.717) is 28.2 Å². The van der Waals surface area contributed by atoms with E-state index in [0.717, 1.165) is 0 Å². The molecule has 0 saturated carbocycles. The van der Waals surface area contributed by atoms with Gasteiger partial charge in [-0.05, 0) is 49.4 Å². The van der Waals surface area contributed by atoms with E-state index in [2.05, 4.69) is 9.71 Å². The summed E-state index contributed by atoms with van der Waals surface area (Å²) in [5, 5.41) is 0.477. The third kappa shape index (κ3) is 3.90. The van der Waals surface area contributed by atoms with Gasteiger partial charge in [0.1, 0.15) is 22.2 Å². The molecule has 0 saturated heterocycles. The highest BCUT2D eigenvalue weighted by atomic mass is 32.2. The Morgan fingerprint density at radius 1 is 0.938 bits per heavy atom. The lowest BCUT2D eigenvalue weighted by atomic mass is 10.2. The summed E-state index contributed by atoms with van der Waals surface area (Å²) < 4.78 is 40.5. The van der Waals surface area contributed by atoms with Crippen LogP contribution < -0.4 is 19.8 Å². The number of aromatic nitrogens is 2.